The van der Waals surface area contributed by atoms with Crippen LogP contribution >= 0.6 is 11.6 Å². The highest BCUT2D eigenvalue weighted by Crippen LogP contribution is 2.27. The molecule has 0 heterocycles. The van der Waals surface area contributed by atoms with E-state index in [4.69, 9.17) is 21.1 Å². The molecular weight excluding hydrogens is 392 g/mol. The zero-order valence-electron chi connectivity index (χ0n) is 16.4. The van der Waals surface area contributed by atoms with E-state index < -0.39 is 0 Å². The summed E-state index contributed by atoms with van der Waals surface area (Å²) in [6.07, 6.45) is 5.65. The Morgan fingerprint density at radius 3 is 2.45 bits per heavy atom. The molecule has 2 amide bonds. The van der Waals surface area contributed by atoms with Gasteiger partial charge in [-0.2, -0.15) is 0 Å². The van der Waals surface area contributed by atoms with Crippen molar-refractivity contribution in [2.75, 3.05) is 19.0 Å². The van der Waals surface area contributed by atoms with Crippen LogP contribution in [0.3, 0.4) is 0 Å². The SMILES string of the molecule is COc1ccc(NC(=O)c2ccc(OCC(=O)NC3CCCCC3)cc2)cc1Cl. The number of ether oxygens (including phenoxy) is 2. The first-order valence-electron chi connectivity index (χ1n) is 9.72. The third kappa shape index (κ3) is 6.12. The van der Waals surface area contributed by atoms with Crippen LogP contribution in [0.4, 0.5) is 5.69 Å². The maximum atomic E-state index is 12.4. The molecule has 0 bridgehead atoms. The molecule has 0 radical (unpaired) electrons. The standard InChI is InChI=1S/C22H25ClN2O4/c1-28-20-12-9-17(13-19(20)23)25-22(27)15-7-10-18(11-8-15)29-14-21(26)24-16-5-3-2-4-6-16/h7-13,16H,2-6,14H2,1H3,(H,24,26)(H,25,27). The van der Waals surface area contributed by atoms with Crippen LogP contribution in [0.15, 0.2) is 42.5 Å². The number of benzene rings is 2. The van der Waals surface area contributed by atoms with E-state index in [0.717, 1.165) is 25.7 Å². The summed E-state index contributed by atoms with van der Waals surface area (Å²) in [5.41, 5.74) is 1.04. The molecule has 1 fully saturated rings. The number of methoxy groups -OCH3 is 1. The van der Waals surface area contributed by atoms with Gasteiger partial charge in [0.15, 0.2) is 6.61 Å². The van der Waals surface area contributed by atoms with Gasteiger partial charge in [-0.3, -0.25) is 9.59 Å². The van der Waals surface area contributed by atoms with Gasteiger partial charge in [-0.15, -0.1) is 0 Å². The molecule has 29 heavy (non-hydrogen) atoms. The van der Waals surface area contributed by atoms with Crippen molar-refractivity contribution < 1.29 is 19.1 Å². The smallest absolute Gasteiger partial charge is 0.258 e. The van der Waals surface area contributed by atoms with Gasteiger partial charge < -0.3 is 20.1 Å². The lowest BCUT2D eigenvalue weighted by Gasteiger charge is -2.22. The van der Waals surface area contributed by atoms with Crippen LogP contribution in [-0.4, -0.2) is 31.6 Å². The van der Waals surface area contributed by atoms with Crippen molar-refractivity contribution in [3.05, 3.63) is 53.1 Å². The Morgan fingerprint density at radius 2 is 1.79 bits per heavy atom. The fraction of sp³-hybridized carbons (Fsp3) is 0.364. The van der Waals surface area contributed by atoms with Crippen molar-refractivity contribution in [2.45, 2.75) is 38.1 Å². The van der Waals surface area contributed by atoms with Crippen molar-refractivity contribution >= 4 is 29.1 Å². The van der Waals surface area contributed by atoms with Crippen LogP contribution in [0, 0.1) is 0 Å². The fourth-order valence-electron chi connectivity index (χ4n) is 3.32. The molecule has 0 saturated heterocycles. The van der Waals surface area contributed by atoms with Crippen LogP contribution in [0.5, 0.6) is 11.5 Å². The fourth-order valence-corrected chi connectivity index (χ4v) is 3.57. The number of rotatable bonds is 7. The molecule has 0 spiro atoms. The topological polar surface area (TPSA) is 76.7 Å². The normalized spacial score (nSPS) is 14.1. The average Bonchev–Trinajstić information content (AvgIpc) is 2.73. The first kappa shape index (κ1) is 21.0. The minimum atomic E-state index is -0.271. The highest BCUT2D eigenvalue weighted by molar-refractivity contribution is 6.32. The highest BCUT2D eigenvalue weighted by atomic mass is 35.5. The van der Waals surface area contributed by atoms with E-state index in [9.17, 15) is 9.59 Å². The lowest BCUT2D eigenvalue weighted by atomic mass is 9.95. The molecule has 2 aromatic rings. The number of halogens is 1. The summed E-state index contributed by atoms with van der Waals surface area (Å²) >= 11 is 6.08. The highest BCUT2D eigenvalue weighted by Gasteiger charge is 2.16. The molecular formula is C22H25ClN2O4. The molecule has 0 atom stereocenters. The van der Waals surface area contributed by atoms with Crippen molar-refractivity contribution in [3.8, 4) is 11.5 Å². The number of anilines is 1. The van der Waals surface area contributed by atoms with E-state index in [-0.39, 0.29) is 24.5 Å². The van der Waals surface area contributed by atoms with Gasteiger partial charge in [0.25, 0.3) is 11.8 Å². The monoisotopic (exact) mass is 416 g/mol. The number of hydrogen-bond donors (Lipinski definition) is 2. The second-order valence-corrected chi connectivity index (χ2v) is 7.43. The summed E-state index contributed by atoms with van der Waals surface area (Å²) in [5.74, 6) is 0.689. The summed E-state index contributed by atoms with van der Waals surface area (Å²) in [6, 6.07) is 11.9. The summed E-state index contributed by atoms with van der Waals surface area (Å²) in [7, 11) is 1.53. The lowest BCUT2D eigenvalue weighted by Crippen LogP contribution is -2.38. The summed E-state index contributed by atoms with van der Waals surface area (Å²) < 4.78 is 10.6. The van der Waals surface area contributed by atoms with Gasteiger partial charge in [-0.1, -0.05) is 30.9 Å². The van der Waals surface area contributed by atoms with Crippen molar-refractivity contribution in [1.82, 2.24) is 5.32 Å². The van der Waals surface area contributed by atoms with Crippen LogP contribution in [0.1, 0.15) is 42.5 Å². The zero-order chi connectivity index (χ0) is 20.6. The molecule has 154 valence electrons. The van der Waals surface area contributed by atoms with Crippen LogP contribution in [-0.2, 0) is 4.79 Å². The molecule has 0 unspecified atom stereocenters. The molecule has 0 aliphatic heterocycles. The molecule has 1 aliphatic rings. The first-order valence-corrected chi connectivity index (χ1v) is 10.1. The largest absolute Gasteiger partial charge is 0.495 e. The maximum Gasteiger partial charge on any atom is 0.258 e. The molecule has 1 saturated carbocycles. The van der Waals surface area contributed by atoms with Gasteiger partial charge in [0.1, 0.15) is 11.5 Å². The lowest BCUT2D eigenvalue weighted by molar-refractivity contribution is -0.124. The number of carbonyl (C=O) groups excluding carboxylic acids is 2. The third-order valence-electron chi connectivity index (χ3n) is 4.87. The second kappa shape index (κ2) is 10.2. The van der Waals surface area contributed by atoms with Crippen LogP contribution < -0.4 is 20.1 Å². The van der Waals surface area contributed by atoms with E-state index in [1.54, 1.807) is 42.5 Å². The molecule has 7 heteroatoms. The van der Waals surface area contributed by atoms with Gasteiger partial charge >= 0.3 is 0 Å². The van der Waals surface area contributed by atoms with Crippen molar-refractivity contribution in [2.24, 2.45) is 0 Å². The van der Waals surface area contributed by atoms with Gasteiger partial charge in [-0.25, -0.2) is 0 Å². The summed E-state index contributed by atoms with van der Waals surface area (Å²) in [6.45, 7) is -0.0353. The zero-order valence-corrected chi connectivity index (χ0v) is 17.1. The summed E-state index contributed by atoms with van der Waals surface area (Å²) in [5, 5.41) is 6.21. The third-order valence-corrected chi connectivity index (χ3v) is 5.16. The maximum absolute atomic E-state index is 12.4. The minimum absolute atomic E-state index is 0.0353. The molecule has 3 rings (SSSR count). The van der Waals surface area contributed by atoms with Crippen molar-refractivity contribution in [3.63, 3.8) is 0 Å². The van der Waals surface area contributed by atoms with Gasteiger partial charge in [0, 0.05) is 17.3 Å². The first-order chi connectivity index (χ1) is 14.0. The number of amides is 2. The quantitative estimate of drug-likeness (QED) is 0.700. The molecule has 2 N–H and O–H groups in total. The Hall–Kier alpha value is -2.73. The van der Waals surface area contributed by atoms with Crippen LogP contribution in [0.25, 0.3) is 0 Å². The van der Waals surface area contributed by atoms with Gasteiger partial charge in [0.05, 0.1) is 12.1 Å². The Kier molecular flexibility index (Phi) is 7.36. The Balaban J connectivity index is 1.49. The Labute approximate surface area is 175 Å². The molecule has 1 aliphatic carbocycles. The molecule has 6 nitrogen and oxygen atoms in total. The summed E-state index contributed by atoms with van der Waals surface area (Å²) in [4.78, 5) is 24.4. The molecule has 0 aromatic heterocycles. The number of hydrogen-bond acceptors (Lipinski definition) is 4. The van der Waals surface area contributed by atoms with E-state index >= 15 is 0 Å². The van der Waals surface area contributed by atoms with E-state index in [0.29, 0.717) is 27.8 Å². The number of carbonyl (C=O) groups is 2. The minimum Gasteiger partial charge on any atom is -0.495 e. The van der Waals surface area contributed by atoms with E-state index in [2.05, 4.69) is 10.6 Å². The number of nitrogens with one attached hydrogen (secondary N) is 2. The van der Waals surface area contributed by atoms with E-state index in [1.807, 2.05) is 0 Å². The predicted octanol–water partition coefficient (Wildman–Crippen LogP) is 4.43. The molecule has 2 aromatic carbocycles. The van der Waals surface area contributed by atoms with Crippen LogP contribution in [0.2, 0.25) is 5.02 Å². The average molecular weight is 417 g/mol. The predicted molar refractivity (Wildman–Crippen MR) is 113 cm³/mol. The van der Waals surface area contributed by atoms with Crippen molar-refractivity contribution in [1.29, 1.82) is 0 Å². The Bertz CT molecular complexity index is 848. The van der Waals surface area contributed by atoms with E-state index in [1.165, 1.54) is 13.5 Å². The van der Waals surface area contributed by atoms with Gasteiger partial charge in [-0.05, 0) is 55.3 Å². The Morgan fingerprint density at radius 1 is 1.07 bits per heavy atom. The van der Waals surface area contributed by atoms with Gasteiger partial charge in [0.2, 0.25) is 0 Å². The second-order valence-electron chi connectivity index (χ2n) is 7.02.